The molecule has 220 valence electrons. The maximum atomic E-state index is 12.8. The Morgan fingerprint density at radius 1 is 0.850 bits per heavy atom. The van der Waals surface area contributed by atoms with Crippen molar-refractivity contribution in [2.75, 3.05) is 34.5 Å². The highest BCUT2D eigenvalue weighted by Gasteiger charge is 2.20. The van der Waals surface area contributed by atoms with Crippen LogP contribution in [0.2, 0.25) is 0 Å². The molecule has 0 saturated heterocycles. The zero-order chi connectivity index (χ0) is 30.4. The van der Waals surface area contributed by atoms with Crippen LogP contribution < -0.4 is 29.0 Å². The first-order chi connectivity index (χ1) is 18.8. The van der Waals surface area contributed by atoms with Crippen LogP contribution in [0.3, 0.4) is 0 Å². The lowest BCUT2D eigenvalue weighted by atomic mass is 10.1. The summed E-state index contributed by atoms with van der Waals surface area (Å²) in [5.74, 6) is -0.919. The Morgan fingerprint density at radius 2 is 1.35 bits per heavy atom. The molecular weight excluding hydrogens is 526 g/mol. The number of carbonyl (C=O) groups is 3. The quantitative estimate of drug-likeness (QED) is 0.160. The normalized spacial score (nSPS) is 11.3. The maximum Gasteiger partial charge on any atom is 0.343 e. The third kappa shape index (κ3) is 10.8. The van der Waals surface area contributed by atoms with Crippen molar-refractivity contribution in [1.29, 1.82) is 0 Å². The molecule has 12 heteroatoms. The van der Waals surface area contributed by atoms with Crippen LogP contribution in [0.15, 0.2) is 36.4 Å². The second-order valence-corrected chi connectivity index (χ2v) is 8.65. The Morgan fingerprint density at radius 3 is 1.80 bits per heavy atom. The first kappa shape index (κ1) is 33.7. The Balaban J connectivity index is 0.000000869. The Bertz CT molecular complexity index is 1150. The van der Waals surface area contributed by atoms with Crippen molar-refractivity contribution in [3.05, 3.63) is 53.1 Å². The lowest BCUT2D eigenvalue weighted by Gasteiger charge is -2.18. The molecule has 1 atom stereocenters. The summed E-state index contributed by atoms with van der Waals surface area (Å²) in [6.45, 7) is 8.35. The zero-order valence-electron chi connectivity index (χ0n) is 23.6. The molecule has 12 nitrogen and oxygen atoms in total. The van der Waals surface area contributed by atoms with E-state index in [4.69, 9.17) is 33.9 Å². The number of methoxy groups -OCH3 is 3. The van der Waals surface area contributed by atoms with Gasteiger partial charge in [0.25, 0.3) is 0 Å². The molecule has 1 unspecified atom stereocenters. The molecule has 0 amide bonds. The summed E-state index contributed by atoms with van der Waals surface area (Å²) in [5, 5.41) is 28.8. The first-order valence-corrected chi connectivity index (χ1v) is 12.1. The first-order valence-electron chi connectivity index (χ1n) is 12.1. The van der Waals surface area contributed by atoms with Gasteiger partial charge in [-0.2, -0.15) is 0 Å². The SMILES string of the molecule is COc1cc(C(=O)Oc2ccc(OCC(O)CNC(C)C)c(C)c2C)cc(OC)c1OC.O=C(O)/C=C\C(=O)O. The molecule has 0 bridgehead atoms. The topological polar surface area (TPSA) is 170 Å². The van der Waals surface area contributed by atoms with Crippen LogP contribution in [0.25, 0.3) is 0 Å². The molecule has 0 aliphatic rings. The van der Waals surface area contributed by atoms with Crippen LogP contribution in [0.5, 0.6) is 28.7 Å². The molecule has 4 N–H and O–H groups in total. The molecule has 2 aromatic rings. The molecule has 0 heterocycles. The van der Waals surface area contributed by atoms with Crippen LogP contribution in [0.1, 0.15) is 35.3 Å². The van der Waals surface area contributed by atoms with Crippen LogP contribution in [0.4, 0.5) is 0 Å². The molecule has 0 aliphatic carbocycles. The number of nitrogens with one attached hydrogen (secondary N) is 1. The number of carboxylic acids is 2. The van der Waals surface area contributed by atoms with Gasteiger partial charge in [0.15, 0.2) is 11.5 Å². The van der Waals surface area contributed by atoms with Gasteiger partial charge in [-0.15, -0.1) is 0 Å². The van der Waals surface area contributed by atoms with E-state index in [-0.39, 0.29) is 18.2 Å². The van der Waals surface area contributed by atoms with E-state index in [0.717, 1.165) is 11.1 Å². The predicted molar refractivity (Wildman–Crippen MR) is 146 cm³/mol. The molecule has 0 radical (unpaired) electrons. The van der Waals surface area contributed by atoms with E-state index in [1.54, 1.807) is 12.1 Å². The number of carboxylic acid groups (broad SMARTS) is 2. The molecule has 2 rings (SSSR count). The summed E-state index contributed by atoms with van der Waals surface area (Å²) >= 11 is 0. The smallest absolute Gasteiger partial charge is 0.343 e. The molecule has 0 fully saturated rings. The number of esters is 1. The van der Waals surface area contributed by atoms with Gasteiger partial charge in [-0.05, 0) is 49.2 Å². The number of hydrogen-bond acceptors (Lipinski definition) is 10. The summed E-state index contributed by atoms with van der Waals surface area (Å²) in [5.41, 5.74) is 1.85. The number of aliphatic hydroxyl groups excluding tert-OH is 1. The predicted octanol–water partition coefficient (Wildman–Crippen LogP) is 3.00. The van der Waals surface area contributed by atoms with Crippen molar-refractivity contribution in [1.82, 2.24) is 5.32 Å². The molecular formula is C28H37NO11. The van der Waals surface area contributed by atoms with E-state index in [1.807, 2.05) is 27.7 Å². The van der Waals surface area contributed by atoms with E-state index in [0.29, 0.717) is 47.4 Å². The van der Waals surface area contributed by atoms with Gasteiger partial charge in [0.05, 0.1) is 26.9 Å². The van der Waals surface area contributed by atoms with Gasteiger partial charge in [0.2, 0.25) is 5.75 Å². The summed E-state index contributed by atoms with van der Waals surface area (Å²) in [6.07, 6.45) is 0.486. The minimum Gasteiger partial charge on any atom is -0.493 e. The van der Waals surface area contributed by atoms with Crippen molar-refractivity contribution in [3.8, 4) is 28.7 Å². The van der Waals surface area contributed by atoms with E-state index in [9.17, 15) is 19.5 Å². The average Bonchev–Trinajstić information content (AvgIpc) is 2.92. The van der Waals surface area contributed by atoms with Crippen molar-refractivity contribution in [2.24, 2.45) is 0 Å². The van der Waals surface area contributed by atoms with Crippen molar-refractivity contribution in [2.45, 2.75) is 39.8 Å². The molecule has 0 spiro atoms. The second kappa shape index (κ2) is 16.6. The largest absolute Gasteiger partial charge is 0.493 e. The molecule has 40 heavy (non-hydrogen) atoms. The van der Waals surface area contributed by atoms with Gasteiger partial charge in [-0.1, -0.05) is 13.8 Å². The van der Waals surface area contributed by atoms with Gasteiger partial charge in [0, 0.05) is 24.7 Å². The van der Waals surface area contributed by atoms with Crippen LogP contribution in [0, 0.1) is 13.8 Å². The Hall–Kier alpha value is -4.29. The number of aliphatic hydroxyl groups is 1. The fraction of sp³-hybridized carbons (Fsp3) is 0.393. The van der Waals surface area contributed by atoms with Gasteiger partial charge in [-0.3, -0.25) is 0 Å². The summed E-state index contributed by atoms with van der Waals surface area (Å²) in [7, 11) is 4.46. The van der Waals surface area contributed by atoms with Crippen molar-refractivity contribution >= 4 is 17.9 Å². The standard InChI is InChI=1S/C24H33NO7.C4H4O4/c1-14(2)25-12-18(26)13-31-19-8-9-20(16(4)15(19)3)32-24(27)17-10-21(28-5)23(30-7)22(11-17)29-6;5-3(6)1-2-4(7)8/h8-11,14,18,25-26H,12-13H2,1-7H3;1-2H,(H,5,6)(H,7,8)/b;2-1-. The minimum atomic E-state index is -1.26. The second-order valence-electron chi connectivity index (χ2n) is 8.65. The van der Waals surface area contributed by atoms with E-state index in [1.165, 1.54) is 33.5 Å². The van der Waals surface area contributed by atoms with E-state index < -0.39 is 24.0 Å². The lowest BCUT2D eigenvalue weighted by molar-refractivity contribution is -0.134. The number of carbonyl (C=O) groups excluding carboxylic acids is 1. The highest BCUT2D eigenvalue weighted by atomic mass is 16.5. The van der Waals surface area contributed by atoms with E-state index >= 15 is 0 Å². The van der Waals surface area contributed by atoms with Gasteiger partial charge in [0.1, 0.15) is 24.2 Å². The number of hydrogen-bond donors (Lipinski definition) is 4. The maximum absolute atomic E-state index is 12.8. The lowest BCUT2D eigenvalue weighted by Crippen LogP contribution is -2.35. The number of aliphatic carboxylic acids is 2. The highest BCUT2D eigenvalue weighted by molar-refractivity contribution is 5.93. The Kier molecular flexibility index (Phi) is 14.0. The number of rotatable bonds is 13. The zero-order valence-corrected chi connectivity index (χ0v) is 23.6. The van der Waals surface area contributed by atoms with Gasteiger partial charge < -0.3 is 44.3 Å². The third-order valence-corrected chi connectivity index (χ3v) is 5.35. The third-order valence-electron chi connectivity index (χ3n) is 5.35. The minimum absolute atomic E-state index is 0.157. The van der Waals surface area contributed by atoms with Gasteiger partial charge >= 0.3 is 17.9 Å². The monoisotopic (exact) mass is 563 g/mol. The average molecular weight is 564 g/mol. The number of ether oxygens (including phenoxy) is 5. The van der Waals surface area contributed by atoms with Crippen LogP contribution >= 0.6 is 0 Å². The van der Waals surface area contributed by atoms with Crippen LogP contribution in [-0.2, 0) is 9.59 Å². The Labute approximate surface area is 233 Å². The van der Waals surface area contributed by atoms with Gasteiger partial charge in [-0.25, -0.2) is 14.4 Å². The van der Waals surface area contributed by atoms with Crippen molar-refractivity contribution in [3.63, 3.8) is 0 Å². The molecule has 0 aliphatic heterocycles. The molecule has 0 aromatic heterocycles. The van der Waals surface area contributed by atoms with E-state index in [2.05, 4.69) is 5.32 Å². The highest BCUT2D eigenvalue weighted by Crippen LogP contribution is 2.38. The fourth-order valence-corrected chi connectivity index (χ4v) is 3.15. The van der Waals surface area contributed by atoms with Crippen LogP contribution in [-0.4, -0.2) is 79.9 Å². The number of benzene rings is 2. The summed E-state index contributed by atoms with van der Waals surface area (Å²) < 4.78 is 27.3. The van der Waals surface area contributed by atoms with Crippen molar-refractivity contribution < 1.29 is 53.4 Å². The molecule has 2 aromatic carbocycles. The summed E-state index contributed by atoms with van der Waals surface area (Å²) in [4.78, 5) is 31.9. The fourth-order valence-electron chi connectivity index (χ4n) is 3.15. The molecule has 0 saturated carbocycles. The summed E-state index contributed by atoms with van der Waals surface area (Å²) in [6, 6.07) is 6.76.